The molecule has 0 aliphatic carbocycles. The molecule has 0 radical (unpaired) electrons. The molecular formula is C23H32O12. The van der Waals surface area contributed by atoms with Crippen molar-refractivity contribution in [2.75, 3.05) is 13.2 Å². The number of carbonyl (C=O) groups is 1. The number of cyclic esters (lactones) is 1. The number of fused-ring (bicyclic) bond motifs is 1. The molecule has 3 aliphatic rings. The summed E-state index contributed by atoms with van der Waals surface area (Å²) in [6.07, 6.45) is -13.0. The Morgan fingerprint density at radius 3 is 2.23 bits per heavy atom. The number of aliphatic hydroxyl groups excluding tert-OH is 6. The largest absolute Gasteiger partial charge is 0.454 e. The molecule has 0 bridgehead atoms. The van der Waals surface area contributed by atoms with Gasteiger partial charge in [-0.15, -0.1) is 0 Å². The molecule has 6 N–H and O–H groups in total. The van der Waals surface area contributed by atoms with Crippen molar-refractivity contribution in [1.29, 1.82) is 0 Å². The fourth-order valence-corrected chi connectivity index (χ4v) is 4.44. The number of rotatable bonds is 8. The average Bonchev–Trinajstić information content (AvgIpc) is 3.18. The summed E-state index contributed by atoms with van der Waals surface area (Å²) in [6.45, 7) is 1.24. The van der Waals surface area contributed by atoms with Gasteiger partial charge in [0.25, 0.3) is 0 Å². The van der Waals surface area contributed by atoms with Gasteiger partial charge in [0.05, 0.1) is 24.9 Å². The molecule has 11 unspecified atom stereocenters. The molecule has 196 valence electrons. The van der Waals surface area contributed by atoms with Crippen LogP contribution in [0.3, 0.4) is 0 Å². The zero-order valence-electron chi connectivity index (χ0n) is 19.1. The predicted molar refractivity (Wildman–Crippen MR) is 115 cm³/mol. The fraction of sp³-hybridized carbons (Fsp3) is 0.696. The van der Waals surface area contributed by atoms with Crippen LogP contribution >= 0.6 is 0 Å². The lowest BCUT2D eigenvalue weighted by atomic mass is 9.98. The SMILES string of the molecule is CC1OC(OCC2OC(OCCCC3OC(=O)c4ccccc43)C(O)C(O)C2O)C(O)C(O)C1O. The minimum atomic E-state index is -1.59. The van der Waals surface area contributed by atoms with Crippen molar-refractivity contribution < 1.29 is 59.1 Å². The standard InChI is InChI=1S/C23H32O12/c1-10-15(24)17(26)19(28)23(33-10)32-9-14-16(25)18(27)20(29)22(35-14)31-8-4-7-13-11-5-2-3-6-12(11)21(30)34-13/h2-3,5-6,10,13-20,22-29H,4,7-9H2,1H3. The lowest BCUT2D eigenvalue weighted by Crippen LogP contribution is -2.61. The van der Waals surface area contributed by atoms with Gasteiger partial charge in [0, 0.05) is 5.56 Å². The molecule has 0 amide bonds. The van der Waals surface area contributed by atoms with Crippen molar-refractivity contribution in [2.45, 2.75) is 87.3 Å². The van der Waals surface area contributed by atoms with E-state index in [4.69, 9.17) is 23.7 Å². The van der Waals surface area contributed by atoms with E-state index in [9.17, 15) is 35.4 Å². The van der Waals surface area contributed by atoms with Gasteiger partial charge in [-0.1, -0.05) is 18.2 Å². The number of aliphatic hydroxyl groups is 6. The highest BCUT2D eigenvalue weighted by Crippen LogP contribution is 2.34. The molecular weight excluding hydrogens is 468 g/mol. The Bertz CT molecular complexity index is 867. The number of esters is 1. The summed E-state index contributed by atoms with van der Waals surface area (Å²) < 4.78 is 27.3. The second-order valence-corrected chi connectivity index (χ2v) is 9.02. The first-order chi connectivity index (χ1) is 16.7. The lowest BCUT2D eigenvalue weighted by molar-refractivity contribution is -0.328. The summed E-state index contributed by atoms with van der Waals surface area (Å²) in [5.41, 5.74) is 1.34. The fourth-order valence-electron chi connectivity index (χ4n) is 4.44. The quantitative estimate of drug-likeness (QED) is 0.177. The van der Waals surface area contributed by atoms with Gasteiger partial charge in [0.2, 0.25) is 0 Å². The van der Waals surface area contributed by atoms with Crippen LogP contribution in [0.2, 0.25) is 0 Å². The van der Waals surface area contributed by atoms with Crippen LogP contribution in [0.25, 0.3) is 0 Å². The van der Waals surface area contributed by atoms with Gasteiger partial charge in [0.15, 0.2) is 12.6 Å². The summed E-state index contributed by atoms with van der Waals surface area (Å²) in [6, 6.07) is 7.12. The summed E-state index contributed by atoms with van der Waals surface area (Å²) in [5, 5.41) is 60.5. The highest BCUT2D eigenvalue weighted by molar-refractivity contribution is 5.93. The monoisotopic (exact) mass is 500 g/mol. The highest BCUT2D eigenvalue weighted by atomic mass is 16.7. The molecule has 4 rings (SSSR count). The van der Waals surface area contributed by atoms with Crippen LogP contribution in [-0.4, -0.2) is 111 Å². The van der Waals surface area contributed by atoms with Crippen molar-refractivity contribution >= 4 is 5.97 Å². The first-order valence-electron chi connectivity index (χ1n) is 11.6. The number of benzene rings is 1. The van der Waals surface area contributed by atoms with Gasteiger partial charge in [-0.25, -0.2) is 4.79 Å². The molecule has 0 saturated carbocycles. The van der Waals surface area contributed by atoms with Crippen LogP contribution in [0.4, 0.5) is 0 Å². The van der Waals surface area contributed by atoms with Crippen molar-refractivity contribution in [3.05, 3.63) is 35.4 Å². The van der Waals surface area contributed by atoms with Crippen LogP contribution in [0, 0.1) is 0 Å². The number of hydrogen-bond donors (Lipinski definition) is 6. The van der Waals surface area contributed by atoms with E-state index in [-0.39, 0.29) is 19.2 Å². The highest BCUT2D eigenvalue weighted by Gasteiger charge is 2.46. The smallest absolute Gasteiger partial charge is 0.339 e. The second kappa shape index (κ2) is 11.1. The molecule has 2 fully saturated rings. The van der Waals surface area contributed by atoms with E-state index in [1.807, 2.05) is 12.1 Å². The summed E-state index contributed by atoms with van der Waals surface area (Å²) in [4.78, 5) is 11.9. The maximum Gasteiger partial charge on any atom is 0.339 e. The second-order valence-electron chi connectivity index (χ2n) is 9.02. The molecule has 35 heavy (non-hydrogen) atoms. The number of carbonyl (C=O) groups excluding carboxylic acids is 1. The van der Waals surface area contributed by atoms with E-state index in [0.29, 0.717) is 18.4 Å². The third kappa shape index (κ3) is 5.52. The Hall–Kier alpha value is -1.71. The maximum absolute atomic E-state index is 11.9. The molecule has 3 aliphatic heterocycles. The molecule has 12 heteroatoms. The lowest BCUT2D eigenvalue weighted by Gasteiger charge is -2.42. The molecule has 2 saturated heterocycles. The van der Waals surface area contributed by atoms with Gasteiger partial charge >= 0.3 is 5.97 Å². The molecule has 0 spiro atoms. The molecule has 1 aromatic carbocycles. The van der Waals surface area contributed by atoms with Gasteiger partial charge < -0.3 is 54.3 Å². The third-order valence-corrected chi connectivity index (χ3v) is 6.57. The first kappa shape index (κ1) is 26.4. The van der Waals surface area contributed by atoms with Gasteiger partial charge in [-0.2, -0.15) is 0 Å². The van der Waals surface area contributed by atoms with E-state index < -0.39 is 67.5 Å². The van der Waals surface area contributed by atoms with Crippen molar-refractivity contribution in [3.8, 4) is 0 Å². The Labute approximate surface area is 201 Å². The van der Waals surface area contributed by atoms with E-state index in [2.05, 4.69) is 0 Å². The molecule has 1 aromatic rings. The Morgan fingerprint density at radius 1 is 0.829 bits per heavy atom. The van der Waals surface area contributed by atoms with Crippen molar-refractivity contribution in [1.82, 2.24) is 0 Å². The Balaban J connectivity index is 1.27. The predicted octanol–water partition coefficient (Wildman–Crippen LogP) is -1.65. The van der Waals surface area contributed by atoms with Gasteiger partial charge in [0.1, 0.15) is 48.8 Å². The molecule has 12 nitrogen and oxygen atoms in total. The Morgan fingerprint density at radius 2 is 1.49 bits per heavy atom. The summed E-state index contributed by atoms with van der Waals surface area (Å²) in [7, 11) is 0. The van der Waals surface area contributed by atoms with Crippen LogP contribution < -0.4 is 0 Å². The molecule has 3 heterocycles. The van der Waals surface area contributed by atoms with Crippen LogP contribution in [0.15, 0.2) is 24.3 Å². The third-order valence-electron chi connectivity index (χ3n) is 6.57. The van der Waals surface area contributed by atoms with E-state index >= 15 is 0 Å². The molecule has 11 atom stereocenters. The summed E-state index contributed by atoms with van der Waals surface area (Å²) >= 11 is 0. The zero-order chi connectivity index (χ0) is 25.3. The van der Waals surface area contributed by atoms with Crippen molar-refractivity contribution in [2.24, 2.45) is 0 Å². The normalized spacial score (nSPS) is 41.5. The van der Waals surface area contributed by atoms with E-state index in [0.717, 1.165) is 5.56 Å². The first-order valence-corrected chi connectivity index (χ1v) is 11.6. The van der Waals surface area contributed by atoms with Crippen molar-refractivity contribution in [3.63, 3.8) is 0 Å². The molecule has 0 aromatic heterocycles. The van der Waals surface area contributed by atoms with Gasteiger partial charge in [-0.05, 0) is 25.8 Å². The minimum absolute atomic E-state index is 0.111. The van der Waals surface area contributed by atoms with E-state index in [1.54, 1.807) is 12.1 Å². The Kier molecular flexibility index (Phi) is 8.38. The zero-order valence-corrected chi connectivity index (χ0v) is 19.1. The van der Waals surface area contributed by atoms with Crippen LogP contribution in [-0.2, 0) is 23.7 Å². The topological polar surface area (TPSA) is 185 Å². The maximum atomic E-state index is 11.9. The number of ether oxygens (including phenoxy) is 5. The average molecular weight is 500 g/mol. The number of hydrogen-bond acceptors (Lipinski definition) is 12. The minimum Gasteiger partial charge on any atom is -0.454 e. The van der Waals surface area contributed by atoms with E-state index in [1.165, 1.54) is 6.92 Å². The van der Waals surface area contributed by atoms with Crippen LogP contribution in [0.5, 0.6) is 0 Å². The van der Waals surface area contributed by atoms with Gasteiger partial charge in [-0.3, -0.25) is 0 Å². The van der Waals surface area contributed by atoms with Crippen LogP contribution in [0.1, 0.15) is 41.8 Å². The summed E-state index contributed by atoms with van der Waals surface area (Å²) in [5.74, 6) is -0.374.